The van der Waals surface area contributed by atoms with Crippen molar-refractivity contribution in [1.29, 1.82) is 0 Å². The summed E-state index contributed by atoms with van der Waals surface area (Å²) >= 11 is 0. The second-order valence-electron chi connectivity index (χ2n) is 5.36. The Balaban J connectivity index is 1.78. The zero-order valence-electron chi connectivity index (χ0n) is 13.7. The Hall–Kier alpha value is -2.50. The second kappa shape index (κ2) is 8.82. The zero-order valence-corrected chi connectivity index (χ0v) is 13.7. The molecule has 0 aliphatic heterocycles. The van der Waals surface area contributed by atoms with Crippen LogP contribution in [0.25, 0.3) is 0 Å². The molecule has 1 heterocycles. The molecule has 2 rings (SSSR count). The Morgan fingerprint density at radius 3 is 2.96 bits per heavy atom. The first-order chi connectivity index (χ1) is 11.2. The van der Waals surface area contributed by atoms with Crippen LogP contribution in [0.1, 0.15) is 25.3 Å². The molecule has 0 fully saturated rings. The number of hydrogen-bond acceptors (Lipinski definition) is 3. The molecule has 6 nitrogen and oxygen atoms in total. The number of amides is 2. The maximum Gasteiger partial charge on any atom is 0.319 e. The minimum Gasteiger partial charge on any atom is -0.494 e. The topological polar surface area (TPSA) is 68.2 Å². The number of aryl methyl sites for hydroxylation is 1. The minimum atomic E-state index is -0.215. The Kier molecular flexibility index (Phi) is 6.47. The van der Waals surface area contributed by atoms with Gasteiger partial charge in [-0.15, -0.1) is 0 Å². The lowest BCUT2D eigenvalue weighted by atomic mass is 10.2. The summed E-state index contributed by atoms with van der Waals surface area (Å²) in [6.45, 7) is 6.04. The highest BCUT2D eigenvalue weighted by Gasteiger charge is 2.05. The third-order valence-electron chi connectivity index (χ3n) is 3.43. The maximum atomic E-state index is 11.9. The van der Waals surface area contributed by atoms with Gasteiger partial charge in [-0.05, 0) is 37.1 Å². The van der Waals surface area contributed by atoms with E-state index in [1.165, 1.54) is 0 Å². The number of ether oxygens (including phenoxy) is 1. The predicted molar refractivity (Wildman–Crippen MR) is 90.8 cm³/mol. The Labute approximate surface area is 136 Å². The summed E-state index contributed by atoms with van der Waals surface area (Å²) in [6.07, 6.45) is 7.45. The van der Waals surface area contributed by atoms with E-state index >= 15 is 0 Å². The summed E-state index contributed by atoms with van der Waals surface area (Å²) in [5.74, 6) is 0.835. The van der Waals surface area contributed by atoms with Crippen molar-refractivity contribution in [2.24, 2.45) is 0 Å². The van der Waals surface area contributed by atoms with Gasteiger partial charge >= 0.3 is 6.03 Å². The van der Waals surface area contributed by atoms with E-state index in [2.05, 4.69) is 22.5 Å². The number of carbonyl (C=O) groups excluding carboxylic acids is 1. The number of nitrogens with one attached hydrogen (secondary N) is 2. The lowest BCUT2D eigenvalue weighted by molar-refractivity contribution is 0.251. The first-order valence-electron chi connectivity index (χ1n) is 7.93. The number of unbranched alkanes of at least 4 members (excludes halogenated alkanes) is 1. The molecular formula is C17H24N4O2. The number of aromatic nitrogens is 2. The van der Waals surface area contributed by atoms with Crippen LogP contribution in [-0.4, -0.2) is 28.7 Å². The van der Waals surface area contributed by atoms with Crippen LogP contribution in [0.15, 0.2) is 36.9 Å². The van der Waals surface area contributed by atoms with Crippen molar-refractivity contribution >= 4 is 11.7 Å². The van der Waals surface area contributed by atoms with Crippen molar-refractivity contribution < 1.29 is 9.53 Å². The molecule has 2 N–H and O–H groups in total. The summed E-state index contributed by atoms with van der Waals surface area (Å²) in [7, 11) is 0. The quantitative estimate of drug-likeness (QED) is 0.735. The van der Waals surface area contributed by atoms with Gasteiger partial charge in [0.1, 0.15) is 5.75 Å². The van der Waals surface area contributed by atoms with Crippen LogP contribution in [0.5, 0.6) is 5.75 Å². The second-order valence-corrected chi connectivity index (χ2v) is 5.36. The normalized spacial score (nSPS) is 10.3. The number of benzene rings is 1. The fourth-order valence-corrected chi connectivity index (χ4v) is 2.08. The molecule has 0 atom stereocenters. The highest BCUT2D eigenvalue weighted by Crippen LogP contribution is 2.21. The van der Waals surface area contributed by atoms with E-state index in [4.69, 9.17) is 4.74 Å². The van der Waals surface area contributed by atoms with E-state index < -0.39 is 0 Å². The average molecular weight is 316 g/mol. The molecular weight excluding hydrogens is 292 g/mol. The van der Waals surface area contributed by atoms with Crippen molar-refractivity contribution in [1.82, 2.24) is 14.9 Å². The van der Waals surface area contributed by atoms with Gasteiger partial charge in [0.05, 0.1) is 12.9 Å². The van der Waals surface area contributed by atoms with Gasteiger partial charge in [-0.1, -0.05) is 13.3 Å². The smallest absolute Gasteiger partial charge is 0.319 e. The van der Waals surface area contributed by atoms with Crippen molar-refractivity contribution in [2.45, 2.75) is 33.2 Å². The van der Waals surface area contributed by atoms with E-state index in [0.717, 1.165) is 36.4 Å². The van der Waals surface area contributed by atoms with E-state index in [1.807, 2.05) is 35.9 Å². The Morgan fingerprint density at radius 1 is 1.39 bits per heavy atom. The van der Waals surface area contributed by atoms with Crippen molar-refractivity contribution in [3.05, 3.63) is 42.5 Å². The molecule has 0 saturated carbocycles. The highest BCUT2D eigenvalue weighted by atomic mass is 16.5. The van der Waals surface area contributed by atoms with Gasteiger partial charge < -0.3 is 19.9 Å². The molecule has 0 saturated heterocycles. The molecule has 0 aliphatic carbocycles. The van der Waals surface area contributed by atoms with E-state index in [-0.39, 0.29) is 6.03 Å². The van der Waals surface area contributed by atoms with Gasteiger partial charge in [-0.25, -0.2) is 9.78 Å². The lowest BCUT2D eigenvalue weighted by Gasteiger charge is -2.12. The monoisotopic (exact) mass is 316 g/mol. The van der Waals surface area contributed by atoms with Gasteiger partial charge in [0.15, 0.2) is 0 Å². The first-order valence-corrected chi connectivity index (χ1v) is 7.93. The molecule has 1 aromatic carbocycles. The zero-order chi connectivity index (χ0) is 16.5. The standard InChI is InChI=1S/C17H24N4O2/c1-3-4-11-23-15-5-6-16(14(2)12-15)20-17(22)19-8-10-21-9-7-18-13-21/h5-7,9,12-13H,3-4,8,10-11H2,1-2H3,(H2,19,20,22). The molecule has 0 spiro atoms. The van der Waals surface area contributed by atoms with Gasteiger partial charge in [-0.2, -0.15) is 0 Å². The third-order valence-corrected chi connectivity index (χ3v) is 3.43. The SMILES string of the molecule is CCCCOc1ccc(NC(=O)NCCn2ccnc2)c(C)c1. The summed E-state index contributed by atoms with van der Waals surface area (Å²) in [6, 6.07) is 5.47. The largest absolute Gasteiger partial charge is 0.494 e. The summed E-state index contributed by atoms with van der Waals surface area (Å²) < 4.78 is 7.57. The van der Waals surface area contributed by atoms with Crippen LogP contribution in [0.4, 0.5) is 10.5 Å². The van der Waals surface area contributed by atoms with E-state index in [9.17, 15) is 4.79 Å². The lowest BCUT2D eigenvalue weighted by Crippen LogP contribution is -2.31. The summed E-state index contributed by atoms with van der Waals surface area (Å²) in [5.41, 5.74) is 1.76. The van der Waals surface area contributed by atoms with Crippen LogP contribution < -0.4 is 15.4 Å². The number of anilines is 1. The summed E-state index contributed by atoms with van der Waals surface area (Å²) in [4.78, 5) is 15.9. The van der Waals surface area contributed by atoms with Crippen molar-refractivity contribution in [2.75, 3.05) is 18.5 Å². The highest BCUT2D eigenvalue weighted by molar-refractivity contribution is 5.90. The summed E-state index contributed by atoms with van der Waals surface area (Å²) in [5, 5.41) is 5.68. The Bertz CT molecular complexity index is 611. The van der Waals surface area contributed by atoms with Crippen molar-refractivity contribution in [3.63, 3.8) is 0 Å². The van der Waals surface area contributed by atoms with Crippen LogP contribution in [0.3, 0.4) is 0 Å². The van der Waals surface area contributed by atoms with Crippen LogP contribution in [-0.2, 0) is 6.54 Å². The molecule has 6 heteroatoms. The maximum absolute atomic E-state index is 11.9. The van der Waals surface area contributed by atoms with Crippen LogP contribution >= 0.6 is 0 Å². The molecule has 0 aliphatic rings. The molecule has 23 heavy (non-hydrogen) atoms. The number of urea groups is 1. The number of imidazole rings is 1. The van der Waals surface area contributed by atoms with Crippen molar-refractivity contribution in [3.8, 4) is 5.75 Å². The Morgan fingerprint density at radius 2 is 2.26 bits per heavy atom. The fraction of sp³-hybridized carbons (Fsp3) is 0.412. The van der Waals surface area contributed by atoms with E-state index in [1.54, 1.807) is 12.5 Å². The number of carbonyl (C=O) groups is 1. The van der Waals surface area contributed by atoms with Gasteiger partial charge in [-0.3, -0.25) is 0 Å². The average Bonchev–Trinajstić information content (AvgIpc) is 3.03. The van der Waals surface area contributed by atoms with E-state index in [0.29, 0.717) is 13.1 Å². The van der Waals surface area contributed by atoms with Crippen LogP contribution in [0, 0.1) is 6.92 Å². The first kappa shape index (κ1) is 16.9. The molecule has 2 aromatic rings. The predicted octanol–water partition coefficient (Wildman–Crippen LogP) is 3.19. The molecule has 124 valence electrons. The number of hydrogen-bond donors (Lipinski definition) is 2. The fourth-order valence-electron chi connectivity index (χ4n) is 2.08. The van der Waals surface area contributed by atoms with Gasteiger partial charge in [0.2, 0.25) is 0 Å². The minimum absolute atomic E-state index is 0.215. The molecule has 0 unspecified atom stereocenters. The van der Waals surface area contributed by atoms with Crippen LogP contribution in [0.2, 0.25) is 0 Å². The molecule has 2 amide bonds. The number of nitrogens with zero attached hydrogens (tertiary/aromatic N) is 2. The third kappa shape index (κ3) is 5.65. The van der Waals surface area contributed by atoms with Gasteiger partial charge in [0, 0.05) is 31.2 Å². The number of rotatable bonds is 8. The molecule has 1 aromatic heterocycles. The molecule has 0 radical (unpaired) electrons. The van der Waals surface area contributed by atoms with Gasteiger partial charge in [0.25, 0.3) is 0 Å². The molecule has 0 bridgehead atoms.